The van der Waals surface area contributed by atoms with Gasteiger partial charge in [-0.05, 0) is 66.4 Å². The van der Waals surface area contributed by atoms with Crippen molar-refractivity contribution in [2.45, 2.75) is 78.6 Å². The van der Waals surface area contributed by atoms with E-state index in [4.69, 9.17) is 29.9 Å². The number of carbonyl (C=O) groups excluding carboxylic acids is 1. The van der Waals surface area contributed by atoms with Crippen LogP contribution in [-0.4, -0.2) is 45.5 Å². The number of phosphoric acid groups is 1. The third kappa shape index (κ3) is 9.37. The molecule has 3 rings (SSSR count). The highest BCUT2D eigenvalue weighted by Crippen LogP contribution is 2.55. The molecule has 1 aromatic carbocycles. The van der Waals surface area contributed by atoms with Gasteiger partial charge >= 0.3 is 7.82 Å². The lowest BCUT2D eigenvalue weighted by molar-refractivity contribution is -0.0189. The summed E-state index contributed by atoms with van der Waals surface area (Å²) in [6.07, 6.45) is 3.18. The molecule has 0 saturated heterocycles. The lowest BCUT2D eigenvalue weighted by Gasteiger charge is -2.32. The Morgan fingerprint density at radius 3 is 2.30 bits per heavy atom. The number of rotatable bonds is 11. The minimum Gasteiger partial charge on any atom is -0.467 e. The molecule has 0 spiro atoms. The lowest BCUT2D eigenvalue weighted by atomic mass is 9.85. The van der Waals surface area contributed by atoms with Crippen molar-refractivity contribution in [2.75, 3.05) is 13.3 Å². The zero-order valence-corrected chi connectivity index (χ0v) is 23.8. The number of ether oxygens (including phenoxy) is 1. The number of benzene rings is 1. The van der Waals surface area contributed by atoms with Crippen LogP contribution in [0.5, 0.6) is 5.75 Å². The molecule has 1 heterocycles. The Morgan fingerprint density at radius 2 is 1.81 bits per heavy atom. The van der Waals surface area contributed by atoms with Gasteiger partial charge in [0.2, 0.25) is 0 Å². The number of nitrogens with zero attached hydrogens (tertiary/aromatic N) is 2. The molecule has 1 N–H and O–H groups in total. The molecule has 206 valence electrons. The van der Waals surface area contributed by atoms with E-state index < -0.39 is 31.6 Å². The maximum absolute atomic E-state index is 15.0. The van der Waals surface area contributed by atoms with Gasteiger partial charge < -0.3 is 9.64 Å². The van der Waals surface area contributed by atoms with Crippen LogP contribution >= 0.6 is 19.4 Å². The first-order valence-corrected chi connectivity index (χ1v) is 14.0. The highest BCUT2D eigenvalue weighted by atomic mass is 35.5. The molecule has 1 fully saturated rings. The van der Waals surface area contributed by atoms with Crippen LogP contribution in [0.1, 0.15) is 76.9 Å². The van der Waals surface area contributed by atoms with Crippen LogP contribution in [0.4, 0.5) is 4.39 Å². The second-order valence-electron chi connectivity index (χ2n) is 11.1. The first-order valence-electron chi connectivity index (χ1n) is 12.2. The van der Waals surface area contributed by atoms with Gasteiger partial charge in [0.05, 0.1) is 11.2 Å². The fourth-order valence-electron chi connectivity index (χ4n) is 3.63. The summed E-state index contributed by atoms with van der Waals surface area (Å²) in [4.78, 5) is 14.6. The quantitative estimate of drug-likeness (QED) is 0.240. The number of phosphoric ester groups is 1. The first-order chi connectivity index (χ1) is 17.1. The van der Waals surface area contributed by atoms with Crippen LogP contribution in [0, 0.1) is 11.7 Å². The molecule has 9 nitrogen and oxygen atoms in total. The van der Waals surface area contributed by atoms with Crippen molar-refractivity contribution in [1.82, 2.24) is 15.1 Å². The van der Waals surface area contributed by atoms with Gasteiger partial charge in [0.1, 0.15) is 16.7 Å². The van der Waals surface area contributed by atoms with Gasteiger partial charge in [-0.3, -0.25) is 18.9 Å². The highest BCUT2D eigenvalue weighted by molar-refractivity contribution is 7.48. The van der Waals surface area contributed by atoms with E-state index >= 15 is 4.39 Å². The molecule has 1 saturated carbocycles. The number of nitrogens with one attached hydrogen (secondary N) is 1. The van der Waals surface area contributed by atoms with Crippen LogP contribution in [0.3, 0.4) is 0 Å². The average Bonchev–Trinajstić information content (AvgIpc) is 3.14. The zero-order valence-electron chi connectivity index (χ0n) is 22.2. The highest BCUT2D eigenvalue weighted by Gasteiger charge is 2.37. The van der Waals surface area contributed by atoms with Crippen LogP contribution in [0.15, 0.2) is 24.3 Å². The van der Waals surface area contributed by atoms with Gasteiger partial charge in [0.15, 0.2) is 12.5 Å². The number of hydrogen-bond acceptors (Lipinski definition) is 7. The molecular weight excluding hydrogens is 524 g/mol. The Bertz CT molecular complexity index is 1110. The van der Waals surface area contributed by atoms with Gasteiger partial charge in [-0.25, -0.2) is 13.5 Å². The zero-order chi connectivity index (χ0) is 27.4. The number of amides is 1. The smallest absolute Gasteiger partial charge is 0.467 e. The number of carbonyl (C=O) groups is 1. The Kier molecular flexibility index (Phi) is 9.46. The maximum Gasteiger partial charge on any atom is 0.478 e. The standard InChI is InChI=1S/C25H36ClFN3O6P/c1-24(2,3)35-37(32,36-25(4,5)6)34-16-33-19-11-10-18(20(27)12-19)15-30(14-17-8-7-9-17)23(31)21-13-22(26)29-28-21/h10-13,17H,7-9,14-16H2,1-6H3,(H,28,29). The van der Waals surface area contributed by atoms with Crippen LogP contribution in [0.25, 0.3) is 0 Å². The van der Waals surface area contributed by atoms with Crippen molar-refractivity contribution in [3.63, 3.8) is 0 Å². The summed E-state index contributed by atoms with van der Waals surface area (Å²) in [6, 6.07) is 5.74. The van der Waals surface area contributed by atoms with E-state index in [9.17, 15) is 9.36 Å². The van der Waals surface area contributed by atoms with Crippen molar-refractivity contribution in [3.8, 4) is 5.75 Å². The summed E-state index contributed by atoms with van der Waals surface area (Å²) < 4.78 is 50.0. The van der Waals surface area contributed by atoms with Crippen LogP contribution in [-0.2, 0) is 24.7 Å². The number of aromatic nitrogens is 2. The summed E-state index contributed by atoms with van der Waals surface area (Å²) in [6.45, 7) is 10.4. The fraction of sp³-hybridized carbons (Fsp3) is 0.600. The predicted octanol–water partition coefficient (Wildman–Crippen LogP) is 6.74. The third-order valence-electron chi connectivity index (χ3n) is 5.35. The van der Waals surface area contributed by atoms with E-state index in [1.807, 2.05) is 0 Å². The molecule has 1 aliphatic carbocycles. The molecule has 0 unspecified atom stereocenters. The van der Waals surface area contributed by atoms with Crippen molar-refractivity contribution in [3.05, 3.63) is 46.5 Å². The Morgan fingerprint density at radius 1 is 1.16 bits per heavy atom. The summed E-state index contributed by atoms with van der Waals surface area (Å²) in [5, 5.41) is 6.75. The molecule has 0 radical (unpaired) electrons. The summed E-state index contributed by atoms with van der Waals surface area (Å²) >= 11 is 5.88. The maximum atomic E-state index is 15.0. The topological polar surface area (TPSA) is 103 Å². The largest absolute Gasteiger partial charge is 0.478 e. The summed E-state index contributed by atoms with van der Waals surface area (Å²) in [7, 11) is -3.97. The van der Waals surface area contributed by atoms with Crippen LogP contribution < -0.4 is 4.74 Å². The predicted molar refractivity (Wildman–Crippen MR) is 138 cm³/mol. The van der Waals surface area contributed by atoms with Gasteiger partial charge in [-0.15, -0.1) is 0 Å². The molecule has 1 amide bonds. The van der Waals surface area contributed by atoms with Gasteiger partial charge in [0.25, 0.3) is 5.91 Å². The number of halogens is 2. The van der Waals surface area contributed by atoms with Crippen molar-refractivity contribution in [1.29, 1.82) is 0 Å². The van der Waals surface area contributed by atoms with Gasteiger partial charge in [-0.1, -0.05) is 24.1 Å². The normalized spacial score (nSPS) is 14.9. The molecule has 0 aliphatic heterocycles. The molecule has 1 aliphatic rings. The lowest BCUT2D eigenvalue weighted by Crippen LogP contribution is -2.37. The van der Waals surface area contributed by atoms with E-state index in [1.54, 1.807) is 58.6 Å². The molecule has 2 aromatic rings. The second kappa shape index (κ2) is 11.8. The Labute approximate surface area is 222 Å². The number of hydrogen-bond donors (Lipinski definition) is 1. The Hall–Kier alpha value is -1.97. The minimum absolute atomic E-state index is 0.0659. The van der Waals surface area contributed by atoms with E-state index in [-0.39, 0.29) is 29.0 Å². The molecule has 12 heteroatoms. The minimum atomic E-state index is -3.97. The summed E-state index contributed by atoms with van der Waals surface area (Å²) in [5.74, 6) is -0.335. The SMILES string of the molecule is CC(C)(C)OP(=O)(OCOc1ccc(CN(CC2CCC2)C(=O)c2cc(Cl)[nH]n2)c(F)c1)OC(C)(C)C. The molecule has 0 bridgehead atoms. The van der Waals surface area contributed by atoms with Gasteiger partial charge in [0, 0.05) is 30.8 Å². The van der Waals surface area contributed by atoms with E-state index in [2.05, 4.69) is 10.2 Å². The van der Waals surface area contributed by atoms with E-state index in [0.29, 0.717) is 18.0 Å². The first kappa shape index (κ1) is 29.6. The fourth-order valence-corrected chi connectivity index (χ4v) is 5.44. The van der Waals surface area contributed by atoms with E-state index in [0.717, 1.165) is 19.3 Å². The Balaban J connectivity index is 1.66. The average molecular weight is 560 g/mol. The number of H-pyrrole nitrogens is 1. The third-order valence-corrected chi connectivity index (χ3v) is 7.51. The molecule has 1 aromatic heterocycles. The second-order valence-corrected chi connectivity index (χ2v) is 13.0. The van der Waals surface area contributed by atoms with Crippen molar-refractivity contribution >= 4 is 25.3 Å². The van der Waals surface area contributed by atoms with Crippen molar-refractivity contribution in [2.24, 2.45) is 5.92 Å². The molecule has 37 heavy (non-hydrogen) atoms. The molecular formula is C25H36ClFN3O6P. The van der Waals surface area contributed by atoms with Gasteiger partial charge in [-0.2, -0.15) is 5.10 Å². The van der Waals surface area contributed by atoms with Crippen LogP contribution in [0.2, 0.25) is 5.15 Å². The monoisotopic (exact) mass is 559 g/mol. The summed E-state index contributed by atoms with van der Waals surface area (Å²) in [5.41, 5.74) is -1.08. The molecule has 0 atom stereocenters. The number of aromatic amines is 1. The van der Waals surface area contributed by atoms with Crippen molar-refractivity contribution < 1.29 is 32.1 Å². The van der Waals surface area contributed by atoms with E-state index in [1.165, 1.54) is 12.1 Å².